The molecular weight excluding hydrogens is 330 g/mol. The molecule has 0 saturated heterocycles. The molecule has 0 aromatic heterocycles. The van der Waals surface area contributed by atoms with E-state index in [1.165, 1.54) is 12.0 Å². The number of hydrazone groups is 1. The molecular formula is C14H25N7O4. The SMILES string of the molecule is COC(=O)CCN(CCN/N=C(\C=N)CN=[N+]=[N-])C(=O)OC(C)(C)C. The van der Waals surface area contributed by atoms with Crippen LogP contribution >= 0.6 is 0 Å². The van der Waals surface area contributed by atoms with Crippen LogP contribution in [0, 0.1) is 5.41 Å². The molecule has 0 heterocycles. The van der Waals surface area contributed by atoms with E-state index in [4.69, 9.17) is 15.7 Å². The maximum atomic E-state index is 12.2. The summed E-state index contributed by atoms with van der Waals surface area (Å²) in [5.41, 5.74) is 10.5. The molecule has 2 N–H and O–H groups in total. The summed E-state index contributed by atoms with van der Waals surface area (Å²) < 4.78 is 9.87. The molecule has 1 amide bonds. The first-order chi connectivity index (χ1) is 11.7. The molecule has 0 fully saturated rings. The fourth-order valence-electron chi connectivity index (χ4n) is 1.51. The van der Waals surface area contributed by atoms with Crippen molar-refractivity contribution >= 4 is 24.0 Å². The van der Waals surface area contributed by atoms with Crippen LogP contribution in [-0.2, 0) is 14.3 Å². The number of nitrogens with zero attached hydrogens (tertiary/aromatic N) is 5. The summed E-state index contributed by atoms with van der Waals surface area (Å²) >= 11 is 0. The van der Waals surface area contributed by atoms with Gasteiger partial charge in [0.15, 0.2) is 0 Å². The predicted octanol–water partition coefficient (Wildman–Crippen LogP) is 1.69. The quantitative estimate of drug-likeness (QED) is 0.116. The van der Waals surface area contributed by atoms with Crippen molar-refractivity contribution in [1.29, 1.82) is 5.41 Å². The highest BCUT2D eigenvalue weighted by Crippen LogP contribution is 2.10. The van der Waals surface area contributed by atoms with E-state index in [9.17, 15) is 9.59 Å². The average molecular weight is 355 g/mol. The molecule has 0 radical (unpaired) electrons. The van der Waals surface area contributed by atoms with Crippen LogP contribution in [0.3, 0.4) is 0 Å². The third-order valence-corrected chi connectivity index (χ3v) is 2.64. The number of hydrogen-bond acceptors (Lipinski definition) is 8. The zero-order chi connectivity index (χ0) is 19.3. The molecule has 0 bridgehead atoms. The van der Waals surface area contributed by atoms with Crippen LogP contribution in [0.1, 0.15) is 27.2 Å². The van der Waals surface area contributed by atoms with Gasteiger partial charge in [-0.2, -0.15) is 5.10 Å². The zero-order valence-electron chi connectivity index (χ0n) is 15.0. The Morgan fingerprint density at radius 1 is 1.36 bits per heavy atom. The van der Waals surface area contributed by atoms with Crippen molar-refractivity contribution in [2.24, 2.45) is 10.2 Å². The largest absolute Gasteiger partial charge is 0.469 e. The normalized spacial score (nSPS) is 11.1. The van der Waals surface area contributed by atoms with Crippen molar-refractivity contribution in [3.05, 3.63) is 10.4 Å². The predicted molar refractivity (Wildman–Crippen MR) is 92.7 cm³/mol. The second kappa shape index (κ2) is 11.7. The molecule has 0 atom stereocenters. The fourth-order valence-corrected chi connectivity index (χ4v) is 1.51. The maximum absolute atomic E-state index is 12.2. The van der Waals surface area contributed by atoms with Gasteiger partial charge in [0.1, 0.15) is 5.60 Å². The number of nitrogens with one attached hydrogen (secondary N) is 2. The Bertz CT molecular complexity index is 536. The van der Waals surface area contributed by atoms with Gasteiger partial charge in [-0.05, 0) is 26.3 Å². The van der Waals surface area contributed by atoms with E-state index in [2.05, 4.69) is 25.3 Å². The zero-order valence-corrected chi connectivity index (χ0v) is 15.0. The molecule has 0 aliphatic rings. The van der Waals surface area contributed by atoms with Crippen molar-refractivity contribution in [2.75, 3.05) is 33.3 Å². The molecule has 0 aliphatic heterocycles. The van der Waals surface area contributed by atoms with Gasteiger partial charge in [-0.25, -0.2) is 4.79 Å². The van der Waals surface area contributed by atoms with Crippen molar-refractivity contribution < 1.29 is 19.1 Å². The first-order valence-electron chi connectivity index (χ1n) is 7.59. The van der Waals surface area contributed by atoms with E-state index in [1.807, 2.05) is 0 Å². The van der Waals surface area contributed by atoms with Crippen LogP contribution in [0.5, 0.6) is 0 Å². The van der Waals surface area contributed by atoms with Gasteiger partial charge in [-0.1, -0.05) is 5.11 Å². The molecule has 0 unspecified atom stereocenters. The molecule has 11 heteroatoms. The third-order valence-electron chi connectivity index (χ3n) is 2.64. The summed E-state index contributed by atoms with van der Waals surface area (Å²) in [6, 6.07) is 0. The summed E-state index contributed by atoms with van der Waals surface area (Å²) in [6.45, 7) is 5.82. The Morgan fingerprint density at radius 2 is 2.04 bits per heavy atom. The van der Waals surface area contributed by atoms with E-state index in [-0.39, 0.29) is 38.3 Å². The van der Waals surface area contributed by atoms with Gasteiger partial charge in [0.25, 0.3) is 0 Å². The lowest BCUT2D eigenvalue weighted by molar-refractivity contribution is -0.140. The third kappa shape index (κ3) is 11.4. The highest BCUT2D eigenvalue weighted by Gasteiger charge is 2.22. The van der Waals surface area contributed by atoms with Crippen LogP contribution in [0.25, 0.3) is 10.4 Å². The van der Waals surface area contributed by atoms with Crippen LogP contribution in [-0.4, -0.2) is 67.8 Å². The summed E-state index contributed by atoms with van der Waals surface area (Å²) in [7, 11) is 1.28. The van der Waals surface area contributed by atoms with E-state index in [0.717, 1.165) is 6.21 Å². The second-order valence-corrected chi connectivity index (χ2v) is 5.84. The maximum Gasteiger partial charge on any atom is 0.410 e. The minimum Gasteiger partial charge on any atom is -0.469 e. The molecule has 140 valence electrons. The van der Waals surface area contributed by atoms with Gasteiger partial charge < -0.3 is 25.2 Å². The van der Waals surface area contributed by atoms with Crippen LogP contribution in [0.15, 0.2) is 10.2 Å². The van der Waals surface area contributed by atoms with Gasteiger partial charge in [0.2, 0.25) is 0 Å². The fraction of sp³-hybridized carbons (Fsp3) is 0.714. The molecule has 0 aromatic carbocycles. The highest BCUT2D eigenvalue weighted by molar-refractivity contribution is 6.30. The average Bonchev–Trinajstić information content (AvgIpc) is 2.54. The first-order valence-corrected chi connectivity index (χ1v) is 7.59. The minimum atomic E-state index is -0.658. The second-order valence-electron chi connectivity index (χ2n) is 5.84. The lowest BCUT2D eigenvalue weighted by atomic mass is 10.2. The summed E-state index contributed by atoms with van der Waals surface area (Å²) in [5.74, 6) is -0.431. The first kappa shape index (κ1) is 22.2. The molecule has 0 aromatic rings. The summed E-state index contributed by atoms with van der Waals surface area (Å²) in [6.07, 6.45) is 0.454. The highest BCUT2D eigenvalue weighted by atomic mass is 16.6. The summed E-state index contributed by atoms with van der Waals surface area (Å²) in [5, 5.41) is 14.3. The number of methoxy groups -OCH3 is 1. The summed E-state index contributed by atoms with van der Waals surface area (Å²) in [4.78, 5) is 27.4. The smallest absolute Gasteiger partial charge is 0.410 e. The van der Waals surface area contributed by atoms with Crippen molar-refractivity contribution in [1.82, 2.24) is 10.3 Å². The van der Waals surface area contributed by atoms with Gasteiger partial charge in [0, 0.05) is 24.2 Å². The monoisotopic (exact) mass is 355 g/mol. The van der Waals surface area contributed by atoms with Gasteiger partial charge in [0.05, 0.1) is 32.3 Å². The number of amides is 1. The number of rotatable bonds is 10. The molecule has 0 saturated carbocycles. The van der Waals surface area contributed by atoms with Gasteiger partial charge >= 0.3 is 12.1 Å². The van der Waals surface area contributed by atoms with Gasteiger partial charge in [-0.3, -0.25) is 4.79 Å². The Hall–Kier alpha value is -2.81. The molecule has 0 spiro atoms. The lowest BCUT2D eigenvalue weighted by Gasteiger charge is -2.27. The van der Waals surface area contributed by atoms with E-state index >= 15 is 0 Å². The standard InChI is InChI=1S/C14H25N7O4/c1-14(2,3)25-13(23)21(7-5-12(22)24-4)8-6-17-19-11(9-15)10-18-20-16/h9,15,17H,5-8,10H2,1-4H3/b15-9?,19-11+. The Balaban J connectivity index is 4.68. The lowest BCUT2D eigenvalue weighted by Crippen LogP contribution is -2.41. The number of esters is 1. The molecule has 0 aliphatic carbocycles. The number of hydrogen-bond donors (Lipinski definition) is 2. The van der Waals surface area contributed by atoms with Crippen LogP contribution in [0.2, 0.25) is 0 Å². The van der Waals surface area contributed by atoms with E-state index in [1.54, 1.807) is 20.8 Å². The number of carbonyl (C=O) groups excluding carboxylic acids is 2. The van der Waals surface area contributed by atoms with Crippen LogP contribution in [0.4, 0.5) is 4.79 Å². The van der Waals surface area contributed by atoms with Crippen molar-refractivity contribution in [3.8, 4) is 0 Å². The Kier molecular flexibility index (Phi) is 10.4. The number of azide groups is 1. The van der Waals surface area contributed by atoms with Crippen LogP contribution < -0.4 is 5.43 Å². The van der Waals surface area contributed by atoms with E-state index in [0.29, 0.717) is 0 Å². The van der Waals surface area contributed by atoms with E-state index < -0.39 is 17.7 Å². The number of ether oxygens (including phenoxy) is 2. The van der Waals surface area contributed by atoms with Gasteiger partial charge in [-0.15, -0.1) is 0 Å². The molecule has 25 heavy (non-hydrogen) atoms. The Labute approximate surface area is 146 Å². The van der Waals surface area contributed by atoms with Crippen molar-refractivity contribution in [2.45, 2.75) is 32.8 Å². The number of carbonyl (C=O) groups is 2. The van der Waals surface area contributed by atoms with Crippen molar-refractivity contribution in [3.63, 3.8) is 0 Å². The minimum absolute atomic E-state index is 0.0433. The Morgan fingerprint density at radius 3 is 2.56 bits per heavy atom. The molecule has 0 rings (SSSR count). The topological polar surface area (TPSA) is 153 Å². The molecule has 11 nitrogen and oxygen atoms in total.